The smallest absolute Gasteiger partial charge is 0.307 e. The van der Waals surface area contributed by atoms with Gasteiger partial charge in [-0.25, -0.2) is 0 Å². The van der Waals surface area contributed by atoms with Gasteiger partial charge in [0.1, 0.15) is 5.78 Å². The first-order valence-corrected chi connectivity index (χ1v) is 18.6. The van der Waals surface area contributed by atoms with E-state index in [0.717, 1.165) is 31.8 Å². The molecule has 11 heteroatoms. The Morgan fingerprint density at radius 1 is 0.780 bits per heavy atom. The van der Waals surface area contributed by atoms with Crippen molar-refractivity contribution in [1.82, 2.24) is 0 Å². The van der Waals surface area contributed by atoms with Gasteiger partial charge in [0, 0.05) is 17.3 Å². The van der Waals surface area contributed by atoms with Crippen molar-refractivity contribution in [2.75, 3.05) is 26.4 Å². The lowest BCUT2D eigenvalue weighted by atomic mass is 9.69. The molecule has 50 heavy (non-hydrogen) atoms. The second-order valence-electron chi connectivity index (χ2n) is 14.0. The zero-order chi connectivity index (χ0) is 40.2. The Bertz CT molecular complexity index is 791. The maximum Gasteiger partial charge on any atom is 0.307 e. The molecular formula is C39H78O11. The van der Waals surface area contributed by atoms with Crippen LogP contribution in [0.25, 0.3) is 0 Å². The van der Waals surface area contributed by atoms with Crippen molar-refractivity contribution in [3.8, 4) is 0 Å². The van der Waals surface area contributed by atoms with Crippen LogP contribution < -0.4 is 0 Å². The predicted molar refractivity (Wildman–Crippen MR) is 201 cm³/mol. The normalized spacial score (nSPS) is 22.3. The quantitative estimate of drug-likeness (QED) is 0.0709. The number of carbonyl (C=O) groups excluding carboxylic acids is 1. The van der Waals surface area contributed by atoms with Gasteiger partial charge < -0.3 is 40.5 Å². The summed E-state index contributed by atoms with van der Waals surface area (Å²) in [5.74, 6) is -1.65. The number of carboxylic acid groups (broad SMARTS) is 2. The standard InChI is InChI=1S/C11H18O3.C7H12O3.C7H16O2.C6H14.C4H10O2.C4H8O/c1-6-4-9(8(3)12)10(11(13)14)5-7(6)2;1-4(6(3)8)5(2)7(9)10;1-3-7(4-2,5-8)6-9;1-4-6(3)5-2;1-2-4(6)3-5;1-2-4-3-5-4/h6-7,9-10,12H,3-5H2,1-2H3,(H,13,14);4-5H,1-3H3,(H,9,10);8-9H,3-6H2,1-2H3;6H,4-5H2,1-3H3;4-6H,2-3H2,1H3;4H,2-3H2,1H3. The Morgan fingerprint density at radius 2 is 1.20 bits per heavy atom. The Labute approximate surface area is 304 Å². The number of Topliss-reactive ketones (excluding diaryl/α,β-unsaturated/α-hetero) is 1. The molecule has 300 valence electrons. The molecule has 1 heterocycles. The van der Waals surface area contributed by atoms with E-state index in [0.29, 0.717) is 30.8 Å². The fourth-order valence-electron chi connectivity index (χ4n) is 4.27. The number of ether oxygens (including phenoxy) is 1. The molecule has 0 aromatic heterocycles. The minimum Gasteiger partial charge on any atom is -0.513 e. The second-order valence-corrected chi connectivity index (χ2v) is 14.0. The molecule has 0 aromatic carbocycles. The van der Waals surface area contributed by atoms with Gasteiger partial charge in [-0.3, -0.25) is 14.4 Å². The molecule has 2 aliphatic rings. The van der Waals surface area contributed by atoms with Crippen LogP contribution in [0.3, 0.4) is 0 Å². The number of aliphatic carboxylic acids is 2. The number of allylic oxidation sites excluding steroid dienone is 1. The molecular weight excluding hydrogens is 644 g/mol. The van der Waals surface area contributed by atoms with Crippen molar-refractivity contribution in [2.45, 2.75) is 147 Å². The van der Waals surface area contributed by atoms with E-state index in [9.17, 15) is 19.5 Å². The largest absolute Gasteiger partial charge is 0.513 e. The number of epoxide rings is 1. The van der Waals surface area contributed by atoms with E-state index in [1.807, 2.05) is 20.8 Å². The highest BCUT2D eigenvalue weighted by molar-refractivity contribution is 5.83. The molecule has 1 saturated carbocycles. The van der Waals surface area contributed by atoms with E-state index in [1.54, 1.807) is 6.92 Å². The lowest BCUT2D eigenvalue weighted by molar-refractivity contribution is -0.146. The average Bonchev–Trinajstić information content (AvgIpc) is 3.95. The van der Waals surface area contributed by atoms with Gasteiger partial charge in [-0.05, 0) is 63.2 Å². The van der Waals surface area contributed by atoms with Gasteiger partial charge in [-0.1, -0.05) is 95.6 Å². The summed E-state index contributed by atoms with van der Waals surface area (Å²) in [6.07, 6.45) is 7.67. The highest BCUT2D eigenvalue weighted by atomic mass is 16.6. The Balaban J connectivity index is -0.000000264. The summed E-state index contributed by atoms with van der Waals surface area (Å²) in [7, 11) is 0. The van der Waals surface area contributed by atoms with Crippen LogP contribution in [-0.4, -0.2) is 92.1 Å². The fourth-order valence-corrected chi connectivity index (χ4v) is 4.27. The molecule has 0 radical (unpaired) electrons. The maximum atomic E-state index is 11.0. The van der Waals surface area contributed by atoms with Crippen molar-refractivity contribution in [3.05, 3.63) is 12.3 Å². The third-order valence-corrected chi connectivity index (χ3v) is 10.3. The molecule has 2 rings (SSSR count). The summed E-state index contributed by atoms with van der Waals surface area (Å²) >= 11 is 0. The summed E-state index contributed by atoms with van der Waals surface area (Å²) in [5, 5.41) is 60.9. The number of carbonyl (C=O) groups is 3. The van der Waals surface area contributed by atoms with Crippen LogP contribution in [0.1, 0.15) is 134 Å². The summed E-state index contributed by atoms with van der Waals surface area (Å²) in [5.41, 5.74) is -0.222. The summed E-state index contributed by atoms with van der Waals surface area (Å²) in [6, 6.07) is 0. The highest BCUT2D eigenvalue weighted by Crippen LogP contribution is 2.40. The van der Waals surface area contributed by atoms with Crippen LogP contribution in [0.4, 0.5) is 0 Å². The molecule has 1 aliphatic heterocycles. The Kier molecular flexibility index (Phi) is 34.7. The first-order valence-electron chi connectivity index (χ1n) is 18.6. The summed E-state index contributed by atoms with van der Waals surface area (Å²) < 4.78 is 4.86. The number of carboxylic acids is 2. The van der Waals surface area contributed by atoms with Gasteiger partial charge >= 0.3 is 11.9 Å². The van der Waals surface area contributed by atoms with Gasteiger partial charge in [0.2, 0.25) is 0 Å². The fraction of sp³-hybridized carbons (Fsp3) is 0.872. The average molecular weight is 723 g/mol. The highest BCUT2D eigenvalue weighted by Gasteiger charge is 2.38. The molecule has 8 unspecified atom stereocenters. The Hall–Kier alpha value is -2.05. The monoisotopic (exact) mass is 723 g/mol. The third-order valence-electron chi connectivity index (χ3n) is 10.3. The molecule has 1 aliphatic carbocycles. The molecule has 2 fully saturated rings. The van der Waals surface area contributed by atoms with Crippen molar-refractivity contribution in [1.29, 1.82) is 0 Å². The number of hydrogen-bond acceptors (Lipinski definition) is 9. The summed E-state index contributed by atoms with van der Waals surface area (Å²) in [4.78, 5) is 31.9. The van der Waals surface area contributed by atoms with Gasteiger partial charge in [0.15, 0.2) is 0 Å². The number of aliphatic hydroxyl groups excluding tert-OH is 5. The SMILES string of the molecule is C=C(O)C1CC(C)C(C)CC1C(=O)O.CC(=O)C(C)C(C)C(=O)O.CCC(C)CC.CCC(CC)(CO)CO.CCC(O)CO.CCC1CO1. The molecule has 0 amide bonds. The van der Waals surface area contributed by atoms with Gasteiger partial charge in [-0.2, -0.15) is 0 Å². The number of rotatable bonds is 14. The van der Waals surface area contributed by atoms with E-state index in [4.69, 9.17) is 35.4 Å². The van der Waals surface area contributed by atoms with Crippen LogP contribution in [0.15, 0.2) is 12.3 Å². The molecule has 8 atom stereocenters. The molecule has 0 spiro atoms. The minimum atomic E-state index is -0.914. The lowest BCUT2D eigenvalue weighted by Gasteiger charge is -2.36. The third kappa shape index (κ3) is 26.7. The number of ketones is 1. The predicted octanol–water partition coefficient (Wildman–Crippen LogP) is 7.14. The van der Waals surface area contributed by atoms with E-state index in [1.165, 1.54) is 33.1 Å². The van der Waals surface area contributed by atoms with Crippen LogP contribution in [-0.2, 0) is 19.1 Å². The molecule has 1 saturated heterocycles. The van der Waals surface area contributed by atoms with Crippen LogP contribution >= 0.6 is 0 Å². The molecule has 0 bridgehead atoms. The summed E-state index contributed by atoms with van der Waals surface area (Å²) in [6.45, 7) is 27.9. The zero-order valence-electron chi connectivity index (χ0n) is 33.7. The van der Waals surface area contributed by atoms with Gasteiger partial charge in [-0.15, -0.1) is 0 Å². The zero-order valence-corrected chi connectivity index (χ0v) is 33.7. The second kappa shape index (κ2) is 31.7. The first kappa shape index (κ1) is 54.7. The van der Waals surface area contributed by atoms with Gasteiger partial charge in [0.05, 0.1) is 56.2 Å². The van der Waals surface area contributed by atoms with Crippen LogP contribution in [0, 0.1) is 46.8 Å². The van der Waals surface area contributed by atoms with Crippen molar-refractivity contribution < 1.29 is 54.9 Å². The van der Waals surface area contributed by atoms with Crippen LogP contribution in [0.2, 0.25) is 0 Å². The lowest BCUT2D eigenvalue weighted by Crippen LogP contribution is -2.35. The Morgan fingerprint density at radius 3 is 1.32 bits per heavy atom. The molecule has 0 aromatic rings. The minimum absolute atomic E-state index is 0.0242. The van der Waals surface area contributed by atoms with Crippen LogP contribution in [0.5, 0.6) is 0 Å². The maximum absolute atomic E-state index is 11.0. The van der Waals surface area contributed by atoms with Crippen molar-refractivity contribution in [2.24, 2.45) is 46.8 Å². The molecule has 11 nitrogen and oxygen atoms in total. The first-order chi connectivity index (χ1) is 23.2. The number of hydrogen-bond donors (Lipinski definition) is 7. The van der Waals surface area contributed by atoms with E-state index in [2.05, 4.69) is 48.1 Å². The number of aliphatic hydroxyl groups is 5. The van der Waals surface area contributed by atoms with E-state index in [-0.39, 0.29) is 48.6 Å². The van der Waals surface area contributed by atoms with Crippen molar-refractivity contribution >= 4 is 17.7 Å². The molecule has 7 N–H and O–H groups in total. The van der Waals surface area contributed by atoms with E-state index >= 15 is 0 Å². The topological polar surface area (TPSA) is 205 Å². The van der Waals surface area contributed by atoms with Gasteiger partial charge in [0.25, 0.3) is 0 Å². The van der Waals surface area contributed by atoms with E-state index < -0.39 is 29.9 Å². The van der Waals surface area contributed by atoms with Crippen molar-refractivity contribution in [3.63, 3.8) is 0 Å².